The third-order valence-corrected chi connectivity index (χ3v) is 3.96. The summed E-state index contributed by atoms with van der Waals surface area (Å²) in [5.41, 5.74) is -0.117. The number of benzene rings is 1. The van der Waals surface area contributed by atoms with Crippen LogP contribution in [0.15, 0.2) is 42.7 Å². The van der Waals surface area contributed by atoms with E-state index >= 15 is 0 Å². The quantitative estimate of drug-likeness (QED) is 0.841. The SMILES string of the molecule is COc1ncc(CN2CCOC[C@](O)(COc3ccccc3)C2)cn1. The van der Waals surface area contributed by atoms with Crippen LogP contribution in [0.2, 0.25) is 0 Å². The van der Waals surface area contributed by atoms with Crippen molar-refractivity contribution >= 4 is 0 Å². The molecule has 0 amide bonds. The number of rotatable bonds is 6. The molecule has 1 aliphatic rings. The zero-order valence-electron chi connectivity index (χ0n) is 14.3. The van der Waals surface area contributed by atoms with Crippen molar-refractivity contribution in [1.29, 1.82) is 0 Å². The molecule has 0 unspecified atom stereocenters. The van der Waals surface area contributed by atoms with E-state index in [4.69, 9.17) is 14.2 Å². The van der Waals surface area contributed by atoms with Crippen molar-refractivity contribution < 1.29 is 19.3 Å². The summed E-state index contributed by atoms with van der Waals surface area (Å²) in [6, 6.07) is 9.81. The largest absolute Gasteiger partial charge is 0.490 e. The number of hydrogen-bond donors (Lipinski definition) is 1. The topological polar surface area (TPSA) is 76.9 Å². The van der Waals surface area contributed by atoms with Gasteiger partial charge in [-0.05, 0) is 12.1 Å². The first-order valence-corrected chi connectivity index (χ1v) is 8.22. The van der Waals surface area contributed by atoms with Crippen molar-refractivity contribution in [3.05, 3.63) is 48.3 Å². The number of methoxy groups -OCH3 is 1. The molecular formula is C18H23N3O4. The second-order valence-electron chi connectivity index (χ2n) is 6.17. The lowest BCUT2D eigenvalue weighted by molar-refractivity contribution is -0.0646. The monoisotopic (exact) mass is 345 g/mol. The first kappa shape index (κ1) is 17.6. The fourth-order valence-corrected chi connectivity index (χ4v) is 2.74. The lowest BCUT2D eigenvalue weighted by atomic mass is 10.1. The first-order valence-electron chi connectivity index (χ1n) is 8.22. The Balaban J connectivity index is 1.60. The third kappa shape index (κ3) is 5.12. The smallest absolute Gasteiger partial charge is 0.316 e. The Morgan fingerprint density at radius 1 is 1.24 bits per heavy atom. The van der Waals surface area contributed by atoms with E-state index in [0.29, 0.717) is 25.7 Å². The van der Waals surface area contributed by atoms with Crippen molar-refractivity contribution in [2.24, 2.45) is 0 Å². The molecule has 0 bridgehead atoms. The van der Waals surface area contributed by atoms with Gasteiger partial charge in [0.05, 0.1) is 20.3 Å². The predicted octanol–water partition coefficient (Wildman–Crippen LogP) is 1.13. The number of nitrogens with zero attached hydrogens (tertiary/aromatic N) is 3. The highest BCUT2D eigenvalue weighted by atomic mass is 16.5. The Morgan fingerprint density at radius 3 is 2.72 bits per heavy atom. The first-order chi connectivity index (χ1) is 12.2. The van der Waals surface area contributed by atoms with Gasteiger partial charge in [-0.3, -0.25) is 4.90 Å². The van der Waals surface area contributed by atoms with E-state index in [2.05, 4.69) is 14.9 Å². The molecule has 0 spiro atoms. The molecule has 2 heterocycles. The van der Waals surface area contributed by atoms with E-state index in [0.717, 1.165) is 17.9 Å². The molecule has 1 aliphatic heterocycles. The summed E-state index contributed by atoms with van der Waals surface area (Å²) in [7, 11) is 1.54. The highest BCUT2D eigenvalue weighted by Gasteiger charge is 2.33. The Bertz CT molecular complexity index is 653. The maximum atomic E-state index is 10.9. The summed E-state index contributed by atoms with van der Waals surface area (Å²) in [6.45, 7) is 2.78. The van der Waals surface area contributed by atoms with Crippen LogP contribution in [0.4, 0.5) is 0 Å². The highest BCUT2D eigenvalue weighted by Crippen LogP contribution is 2.18. The second kappa shape index (κ2) is 8.24. The Kier molecular flexibility index (Phi) is 5.80. The minimum atomic E-state index is -1.07. The average molecular weight is 345 g/mol. The normalized spacial score (nSPS) is 21.5. The van der Waals surface area contributed by atoms with Gasteiger partial charge in [-0.25, -0.2) is 9.97 Å². The lowest BCUT2D eigenvalue weighted by Crippen LogP contribution is -2.48. The summed E-state index contributed by atoms with van der Waals surface area (Å²) in [4.78, 5) is 10.4. The maximum absolute atomic E-state index is 10.9. The minimum absolute atomic E-state index is 0.173. The number of aromatic nitrogens is 2. The molecule has 1 fully saturated rings. The van der Waals surface area contributed by atoms with E-state index < -0.39 is 5.60 Å². The molecule has 7 heteroatoms. The zero-order valence-corrected chi connectivity index (χ0v) is 14.3. The van der Waals surface area contributed by atoms with Crippen LogP contribution in [-0.4, -0.2) is 65.6 Å². The zero-order chi connectivity index (χ0) is 17.5. The van der Waals surface area contributed by atoms with Crippen LogP contribution in [0, 0.1) is 0 Å². The molecule has 1 saturated heterocycles. The van der Waals surface area contributed by atoms with Crippen LogP contribution in [-0.2, 0) is 11.3 Å². The van der Waals surface area contributed by atoms with Crippen molar-refractivity contribution in [2.45, 2.75) is 12.1 Å². The van der Waals surface area contributed by atoms with Gasteiger partial charge in [0.15, 0.2) is 0 Å². The molecule has 3 rings (SSSR count). The summed E-state index contributed by atoms with van der Waals surface area (Å²) < 4.78 is 16.3. The molecule has 0 saturated carbocycles. The fraction of sp³-hybridized carbons (Fsp3) is 0.444. The third-order valence-electron chi connectivity index (χ3n) is 3.96. The Labute approximate surface area is 147 Å². The molecule has 1 N–H and O–H groups in total. The van der Waals surface area contributed by atoms with E-state index in [1.54, 1.807) is 12.4 Å². The highest BCUT2D eigenvalue weighted by molar-refractivity contribution is 5.21. The summed E-state index contributed by atoms with van der Waals surface area (Å²) >= 11 is 0. The van der Waals surface area contributed by atoms with E-state index in [-0.39, 0.29) is 13.2 Å². The van der Waals surface area contributed by atoms with Crippen LogP contribution >= 0.6 is 0 Å². The maximum Gasteiger partial charge on any atom is 0.316 e. The summed E-state index contributed by atoms with van der Waals surface area (Å²) in [5, 5.41) is 10.9. The molecule has 134 valence electrons. The minimum Gasteiger partial charge on any atom is -0.490 e. The molecule has 0 aliphatic carbocycles. The number of hydrogen-bond acceptors (Lipinski definition) is 7. The number of β-amino-alcohol motifs (C(OH)–C–C–N with tert-alkyl or cyclic N) is 1. The standard InChI is InChI=1S/C18H23N3O4/c1-23-17-19-9-15(10-20-17)11-21-7-8-24-13-18(22,12-21)14-25-16-5-3-2-4-6-16/h2-6,9-10,22H,7-8,11-14H2,1H3/t18-/m0/s1. The Morgan fingerprint density at radius 2 is 2.00 bits per heavy atom. The van der Waals surface area contributed by atoms with Crippen molar-refractivity contribution in [2.75, 3.05) is 40.0 Å². The molecule has 2 aromatic rings. The van der Waals surface area contributed by atoms with Crippen molar-refractivity contribution in [3.63, 3.8) is 0 Å². The van der Waals surface area contributed by atoms with Crippen LogP contribution < -0.4 is 9.47 Å². The molecule has 1 aromatic heterocycles. The fourth-order valence-electron chi connectivity index (χ4n) is 2.74. The lowest BCUT2D eigenvalue weighted by Gasteiger charge is -2.30. The van der Waals surface area contributed by atoms with Gasteiger partial charge in [0.2, 0.25) is 0 Å². The second-order valence-corrected chi connectivity index (χ2v) is 6.17. The van der Waals surface area contributed by atoms with Gasteiger partial charge in [0, 0.05) is 37.6 Å². The van der Waals surface area contributed by atoms with Crippen molar-refractivity contribution in [3.8, 4) is 11.8 Å². The van der Waals surface area contributed by atoms with E-state index in [1.807, 2.05) is 30.3 Å². The van der Waals surface area contributed by atoms with Crippen LogP contribution in [0.25, 0.3) is 0 Å². The van der Waals surface area contributed by atoms with Gasteiger partial charge < -0.3 is 19.3 Å². The van der Waals surface area contributed by atoms with Crippen LogP contribution in [0.1, 0.15) is 5.56 Å². The summed E-state index contributed by atoms with van der Waals surface area (Å²) in [6.07, 6.45) is 3.47. The number of ether oxygens (including phenoxy) is 3. The molecule has 25 heavy (non-hydrogen) atoms. The van der Waals surface area contributed by atoms with Gasteiger partial charge in [0.1, 0.15) is 18.0 Å². The van der Waals surface area contributed by atoms with Crippen molar-refractivity contribution in [1.82, 2.24) is 14.9 Å². The van der Waals surface area contributed by atoms with Crippen LogP contribution in [0.5, 0.6) is 11.8 Å². The summed E-state index contributed by atoms with van der Waals surface area (Å²) in [5.74, 6) is 0.732. The molecular weight excluding hydrogens is 322 g/mol. The van der Waals surface area contributed by atoms with Crippen LogP contribution in [0.3, 0.4) is 0 Å². The molecule has 1 aromatic carbocycles. The van der Waals surface area contributed by atoms with Gasteiger partial charge in [-0.1, -0.05) is 18.2 Å². The van der Waals surface area contributed by atoms with Gasteiger partial charge in [0.25, 0.3) is 0 Å². The van der Waals surface area contributed by atoms with Gasteiger partial charge >= 0.3 is 6.01 Å². The predicted molar refractivity (Wildman–Crippen MR) is 91.6 cm³/mol. The number of para-hydroxylation sites is 1. The van der Waals surface area contributed by atoms with E-state index in [9.17, 15) is 5.11 Å². The molecule has 7 nitrogen and oxygen atoms in total. The average Bonchev–Trinajstić information content (AvgIpc) is 2.83. The Hall–Kier alpha value is -2.22. The van der Waals surface area contributed by atoms with E-state index in [1.165, 1.54) is 7.11 Å². The molecule has 1 atom stereocenters. The molecule has 0 radical (unpaired) electrons. The van der Waals surface area contributed by atoms with Gasteiger partial charge in [-0.2, -0.15) is 0 Å². The number of aliphatic hydroxyl groups is 1. The van der Waals surface area contributed by atoms with Gasteiger partial charge in [-0.15, -0.1) is 0 Å².